The fourth-order valence-corrected chi connectivity index (χ4v) is 1.81. The highest BCUT2D eigenvalue weighted by atomic mass is 32.1. The largest absolute Gasteiger partial charge is 0.462 e. The van der Waals surface area contributed by atoms with E-state index in [1.165, 1.54) is 11.3 Å². The molecule has 1 aromatic heterocycles. The van der Waals surface area contributed by atoms with E-state index in [0.717, 1.165) is 17.1 Å². The van der Waals surface area contributed by atoms with Gasteiger partial charge >= 0.3 is 5.97 Å². The van der Waals surface area contributed by atoms with Crippen LogP contribution in [0.1, 0.15) is 31.0 Å². The monoisotopic (exact) mass is 225 g/mol. The number of thiazole rings is 1. The van der Waals surface area contributed by atoms with Gasteiger partial charge in [0, 0.05) is 5.38 Å². The molecule has 0 amide bonds. The normalized spacial score (nSPS) is 11.5. The predicted molar refractivity (Wildman–Crippen MR) is 61.8 cm³/mol. The van der Waals surface area contributed by atoms with Gasteiger partial charge < -0.3 is 4.74 Å². The molecule has 0 aliphatic rings. The second-order valence-corrected chi connectivity index (χ2v) is 4.06. The van der Waals surface area contributed by atoms with E-state index in [-0.39, 0.29) is 5.97 Å². The summed E-state index contributed by atoms with van der Waals surface area (Å²) in [7, 11) is 0. The quantitative estimate of drug-likeness (QED) is 0.584. The summed E-state index contributed by atoms with van der Waals surface area (Å²) in [6.07, 6.45) is 2.65. The minimum absolute atomic E-state index is 0.287. The number of rotatable bonds is 4. The summed E-state index contributed by atoms with van der Waals surface area (Å²) in [5.41, 5.74) is 1.29. The topological polar surface area (TPSA) is 39.2 Å². The van der Waals surface area contributed by atoms with Gasteiger partial charge in [-0.1, -0.05) is 13.0 Å². The van der Waals surface area contributed by atoms with Crippen LogP contribution in [-0.2, 0) is 9.53 Å². The zero-order valence-corrected chi connectivity index (χ0v) is 10.1. The smallest absolute Gasteiger partial charge is 0.340 e. The van der Waals surface area contributed by atoms with Crippen LogP contribution in [0.15, 0.2) is 11.5 Å². The lowest BCUT2D eigenvalue weighted by Crippen LogP contribution is -2.07. The standard InChI is InChI=1S/C11H15NO2S/c1-4-6-9(11(13)14-5-2)10-7-15-8(3)12-10/h6-7H,4-5H2,1-3H3/b9-6-. The molecule has 0 saturated carbocycles. The van der Waals surface area contributed by atoms with Crippen LogP contribution in [0.5, 0.6) is 0 Å². The number of aromatic nitrogens is 1. The van der Waals surface area contributed by atoms with Crippen molar-refractivity contribution in [1.82, 2.24) is 4.98 Å². The molecule has 0 atom stereocenters. The summed E-state index contributed by atoms with van der Waals surface area (Å²) in [6, 6.07) is 0. The highest BCUT2D eigenvalue weighted by Gasteiger charge is 2.14. The molecule has 1 aromatic rings. The van der Waals surface area contributed by atoms with Gasteiger partial charge in [-0.3, -0.25) is 0 Å². The molecule has 0 unspecified atom stereocenters. The van der Waals surface area contributed by atoms with Gasteiger partial charge in [0.1, 0.15) is 0 Å². The summed E-state index contributed by atoms with van der Waals surface area (Å²) in [5, 5.41) is 2.84. The molecule has 0 radical (unpaired) electrons. The Morgan fingerprint density at radius 1 is 1.60 bits per heavy atom. The molecule has 0 saturated heterocycles. The van der Waals surface area contributed by atoms with Crippen LogP contribution in [0.3, 0.4) is 0 Å². The van der Waals surface area contributed by atoms with Crippen LogP contribution in [0.25, 0.3) is 5.57 Å². The maximum atomic E-state index is 11.6. The van der Waals surface area contributed by atoms with E-state index in [4.69, 9.17) is 4.74 Å². The van der Waals surface area contributed by atoms with Crippen LogP contribution in [0, 0.1) is 6.92 Å². The molecule has 0 N–H and O–H groups in total. The summed E-state index contributed by atoms with van der Waals surface area (Å²) >= 11 is 1.53. The van der Waals surface area contributed by atoms with Crippen LogP contribution in [0.4, 0.5) is 0 Å². The fraction of sp³-hybridized carbons (Fsp3) is 0.455. The molecule has 0 spiro atoms. The minimum atomic E-state index is -0.287. The number of aryl methyl sites for hydroxylation is 1. The Labute approximate surface area is 93.8 Å². The number of allylic oxidation sites excluding steroid dienone is 1. The van der Waals surface area contributed by atoms with E-state index in [1.54, 1.807) is 6.92 Å². The molecule has 0 fully saturated rings. The first-order chi connectivity index (χ1) is 7.19. The van der Waals surface area contributed by atoms with Crippen LogP contribution < -0.4 is 0 Å². The van der Waals surface area contributed by atoms with Crippen molar-refractivity contribution in [2.75, 3.05) is 6.61 Å². The number of nitrogens with zero attached hydrogens (tertiary/aromatic N) is 1. The van der Waals surface area contributed by atoms with Gasteiger partial charge in [0.25, 0.3) is 0 Å². The first-order valence-electron chi connectivity index (χ1n) is 4.98. The molecular formula is C11H15NO2S. The van der Waals surface area contributed by atoms with Crippen molar-refractivity contribution in [2.45, 2.75) is 27.2 Å². The molecule has 0 bridgehead atoms. The lowest BCUT2D eigenvalue weighted by molar-refractivity contribution is -0.136. The van der Waals surface area contributed by atoms with E-state index in [2.05, 4.69) is 4.98 Å². The van der Waals surface area contributed by atoms with Crippen molar-refractivity contribution >= 4 is 22.9 Å². The molecule has 0 aromatic carbocycles. The number of esters is 1. The van der Waals surface area contributed by atoms with Gasteiger partial charge in [-0.25, -0.2) is 9.78 Å². The second kappa shape index (κ2) is 5.66. The van der Waals surface area contributed by atoms with Gasteiger partial charge in [0.15, 0.2) is 0 Å². The van der Waals surface area contributed by atoms with Gasteiger partial charge in [-0.2, -0.15) is 0 Å². The summed E-state index contributed by atoms with van der Waals surface area (Å²) < 4.78 is 4.98. The van der Waals surface area contributed by atoms with Gasteiger partial charge in [-0.15, -0.1) is 11.3 Å². The Balaban J connectivity index is 2.93. The first kappa shape index (κ1) is 11.9. The lowest BCUT2D eigenvalue weighted by atomic mass is 10.2. The summed E-state index contributed by atoms with van der Waals surface area (Å²) in [5.74, 6) is -0.287. The van der Waals surface area contributed by atoms with Gasteiger partial charge in [0.05, 0.1) is 22.9 Å². The lowest BCUT2D eigenvalue weighted by Gasteiger charge is -2.03. The number of hydrogen-bond acceptors (Lipinski definition) is 4. The van der Waals surface area contributed by atoms with Crippen molar-refractivity contribution in [3.8, 4) is 0 Å². The van der Waals surface area contributed by atoms with Crippen LogP contribution in [-0.4, -0.2) is 17.6 Å². The summed E-state index contributed by atoms with van der Waals surface area (Å²) in [4.78, 5) is 15.9. The molecule has 0 aliphatic heterocycles. The highest BCUT2D eigenvalue weighted by Crippen LogP contribution is 2.19. The highest BCUT2D eigenvalue weighted by molar-refractivity contribution is 7.09. The molecule has 15 heavy (non-hydrogen) atoms. The van der Waals surface area contributed by atoms with Crippen molar-refractivity contribution in [3.63, 3.8) is 0 Å². The van der Waals surface area contributed by atoms with E-state index >= 15 is 0 Å². The maximum Gasteiger partial charge on any atom is 0.340 e. The molecule has 1 heterocycles. The second-order valence-electron chi connectivity index (χ2n) is 3.00. The van der Waals surface area contributed by atoms with E-state index in [0.29, 0.717) is 12.2 Å². The number of ether oxygens (including phenoxy) is 1. The van der Waals surface area contributed by atoms with E-state index < -0.39 is 0 Å². The number of carbonyl (C=O) groups is 1. The van der Waals surface area contributed by atoms with Crippen molar-refractivity contribution in [1.29, 1.82) is 0 Å². The van der Waals surface area contributed by atoms with Crippen molar-refractivity contribution in [3.05, 3.63) is 22.2 Å². The Morgan fingerprint density at radius 3 is 2.80 bits per heavy atom. The van der Waals surface area contributed by atoms with Gasteiger partial charge in [0.2, 0.25) is 0 Å². The SMILES string of the molecule is CC/C=C(\C(=O)OCC)c1csc(C)n1. The third kappa shape index (κ3) is 3.16. The number of carbonyl (C=O) groups excluding carboxylic acids is 1. The Hall–Kier alpha value is -1.16. The van der Waals surface area contributed by atoms with Crippen LogP contribution >= 0.6 is 11.3 Å². The third-order valence-corrected chi connectivity index (χ3v) is 2.57. The average molecular weight is 225 g/mol. The van der Waals surface area contributed by atoms with Gasteiger partial charge in [-0.05, 0) is 20.3 Å². The maximum absolute atomic E-state index is 11.6. The predicted octanol–water partition coefficient (Wildman–Crippen LogP) is 2.81. The minimum Gasteiger partial charge on any atom is -0.462 e. The van der Waals surface area contributed by atoms with Crippen LogP contribution in [0.2, 0.25) is 0 Å². The molecule has 1 rings (SSSR count). The molecule has 3 nitrogen and oxygen atoms in total. The molecule has 4 heteroatoms. The summed E-state index contributed by atoms with van der Waals surface area (Å²) in [6.45, 7) is 6.10. The molecule has 82 valence electrons. The van der Waals surface area contributed by atoms with Crippen molar-refractivity contribution < 1.29 is 9.53 Å². The third-order valence-electron chi connectivity index (χ3n) is 1.80. The first-order valence-corrected chi connectivity index (χ1v) is 5.86. The van der Waals surface area contributed by atoms with E-state index in [9.17, 15) is 4.79 Å². The fourth-order valence-electron chi connectivity index (χ4n) is 1.19. The average Bonchev–Trinajstić information content (AvgIpc) is 2.61. The molecular weight excluding hydrogens is 210 g/mol. The Bertz CT molecular complexity index is 368. The van der Waals surface area contributed by atoms with E-state index in [1.807, 2.05) is 25.3 Å². The Kier molecular flexibility index (Phi) is 4.49. The zero-order chi connectivity index (χ0) is 11.3. The van der Waals surface area contributed by atoms with Crippen molar-refractivity contribution in [2.24, 2.45) is 0 Å². The number of hydrogen-bond donors (Lipinski definition) is 0. The molecule has 0 aliphatic carbocycles. The Morgan fingerprint density at radius 2 is 2.33 bits per heavy atom. The zero-order valence-electron chi connectivity index (χ0n) is 9.24.